The Morgan fingerprint density at radius 3 is 3.12 bits per heavy atom. The molecule has 0 amide bonds. The second-order valence-electron chi connectivity index (χ2n) is 4.86. The average molecular weight is 231 g/mol. The molecule has 1 fully saturated rings. The zero-order valence-electron chi connectivity index (χ0n) is 10.0. The van der Waals surface area contributed by atoms with Crippen molar-refractivity contribution in [2.75, 3.05) is 25.9 Å². The van der Waals surface area contributed by atoms with Gasteiger partial charge in [-0.3, -0.25) is 0 Å². The highest BCUT2D eigenvalue weighted by molar-refractivity contribution is 5.51. The van der Waals surface area contributed by atoms with Crippen LogP contribution in [0.2, 0.25) is 0 Å². The molecule has 2 N–H and O–H groups in total. The molecule has 1 aliphatic heterocycles. The normalized spacial score (nSPS) is 22.1. The third-order valence-corrected chi connectivity index (χ3v) is 3.47. The molecule has 1 unspecified atom stereocenters. The van der Waals surface area contributed by atoms with Crippen LogP contribution in [0.4, 0.5) is 5.69 Å². The Hall–Kier alpha value is -1.62. The summed E-state index contributed by atoms with van der Waals surface area (Å²) in [5.41, 5.74) is 8.54. The molecule has 5 nitrogen and oxygen atoms in total. The van der Waals surface area contributed by atoms with Gasteiger partial charge in [0, 0.05) is 18.0 Å². The number of rotatable bonds is 1. The maximum atomic E-state index is 5.70. The van der Waals surface area contributed by atoms with E-state index in [2.05, 4.69) is 22.0 Å². The fourth-order valence-electron chi connectivity index (χ4n) is 2.62. The Kier molecular flexibility index (Phi) is 2.48. The van der Waals surface area contributed by atoms with Crippen molar-refractivity contribution in [2.24, 2.45) is 0 Å². The molecular formula is C12H17N5. The van der Waals surface area contributed by atoms with Gasteiger partial charge in [-0.15, -0.1) is 0 Å². The van der Waals surface area contributed by atoms with Gasteiger partial charge in [-0.1, -0.05) is 0 Å². The van der Waals surface area contributed by atoms with Gasteiger partial charge in [0.2, 0.25) is 0 Å². The van der Waals surface area contributed by atoms with Crippen LogP contribution in [0.15, 0.2) is 18.6 Å². The third-order valence-electron chi connectivity index (χ3n) is 3.47. The summed E-state index contributed by atoms with van der Waals surface area (Å²) in [6.07, 6.45) is 7.92. The third kappa shape index (κ3) is 1.86. The molecule has 0 aliphatic carbocycles. The van der Waals surface area contributed by atoms with Crippen molar-refractivity contribution in [1.29, 1.82) is 0 Å². The van der Waals surface area contributed by atoms with Gasteiger partial charge in [-0.25, -0.2) is 9.50 Å². The summed E-state index contributed by atoms with van der Waals surface area (Å²) in [5, 5.41) is 4.34. The lowest BCUT2D eigenvalue weighted by molar-refractivity contribution is 0.251. The van der Waals surface area contributed by atoms with Gasteiger partial charge >= 0.3 is 0 Å². The van der Waals surface area contributed by atoms with E-state index < -0.39 is 0 Å². The van der Waals surface area contributed by atoms with Crippen LogP contribution in [0, 0.1) is 0 Å². The fourth-order valence-corrected chi connectivity index (χ4v) is 2.62. The Bertz CT molecular complexity index is 533. The van der Waals surface area contributed by atoms with Crippen LogP contribution < -0.4 is 5.73 Å². The topological polar surface area (TPSA) is 59.5 Å². The molecule has 5 heteroatoms. The number of nitrogen functional groups attached to an aromatic ring is 1. The summed E-state index contributed by atoms with van der Waals surface area (Å²) >= 11 is 0. The molecule has 3 heterocycles. The van der Waals surface area contributed by atoms with Crippen molar-refractivity contribution in [3.05, 3.63) is 24.2 Å². The first-order chi connectivity index (χ1) is 8.24. The molecule has 1 atom stereocenters. The van der Waals surface area contributed by atoms with E-state index in [9.17, 15) is 0 Å². The molecule has 2 aromatic heterocycles. The van der Waals surface area contributed by atoms with Crippen LogP contribution in [0.5, 0.6) is 0 Å². The average Bonchev–Trinajstić information content (AvgIpc) is 2.71. The minimum Gasteiger partial charge on any atom is -0.396 e. The number of anilines is 1. The van der Waals surface area contributed by atoms with E-state index in [1.54, 1.807) is 10.7 Å². The molecule has 1 saturated heterocycles. The Morgan fingerprint density at radius 2 is 2.29 bits per heavy atom. The number of nitrogens with two attached hydrogens (primary N) is 1. The van der Waals surface area contributed by atoms with E-state index in [-0.39, 0.29) is 0 Å². The SMILES string of the molecule is CN1CCCC(c2cnn3cc(N)cnc23)C1. The molecule has 0 bridgehead atoms. The number of likely N-dealkylation sites (tertiary alicyclic amines) is 1. The maximum Gasteiger partial charge on any atom is 0.158 e. The smallest absolute Gasteiger partial charge is 0.158 e. The quantitative estimate of drug-likeness (QED) is 0.799. The second-order valence-corrected chi connectivity index (χ2v) is 4.86. The van der Waals surface area contributed by atoms with Gasteiger partial charge in [-0.2, -0.15) is 5.10 Å². The molecule has 3 rings (SSSR count). The Balaban J connectivity index is 1.99. The van der Waals surface area contributed by atoms with Gasteiger partial charge in [0.15, 0.2) is 5.65 Å². The molecule has 0 saturated carbocycles. The standard InChI is InChI=1S/C12H17N5/c1-16-4-2-3-9(7-16)11-6-15-17-8-10(13)5-14-12(11)17/h5-6,8-9H,2-4,7,13H2,1H3. The zero-order valence-corrected chi connectivity index (χ0v) is 10.0. The first-order valence-electron chi connectivity index (χ1n) is 6.01. The molecular weight excluding hydrogens is 214 g/mol. The molecule has 2 aromatic rings. The maximum absolute atomic E-state index is 5.70. The highest BCUT2D eigenvalue weighted by Gasteiger charge is 2.22. The number of hydrogen-bond donors (Lipinski definition) is 1. The van der Waals surface area contributed by atoms with Crippen LogP contribution >= 0.6 is 0 Å². The zero-order chi connectivity index (χ0) is 11.8. The highest BCUT2D eigenvalue weighted by Crippen LogP contribution is 2.28. The monoisotopic (exact) mass is 231 g/mol. The largest absolute Gasteiger partial charge is 0.396 e. The molecule has 0 aromatic carbocycles. The number of likely N-dealkylation sites (N-methyl/N-ethyl adjacent to an activating group) is 1. The van der Waals surface area contributed by atoms with Crippen molar-refractivity contribution in [3.8, 4) is 0 Å². The lowest BCUT2D eigenvalue weighted by Gasteiger charge is -2.29. The van der Waals surface area contributed by atoms with Crippen molar-refractivity contribution < 1.29 is 0 Å². The summed E-state index contributed by atoms with van der Waals surface area (Å²) < 4.78 is 1.78. The van der Waals surface area contributed by atoms with Crippen molar-refractivity contribution >= 4 is 11.3 Å². The summed E-state index contributed by atoms with van der Waals surface area (Å²) in [7, 11) is 2.17. The van der Waals surface area contributed by atoms with E-state index in [1.807, 2.05) is 12.4 Å². The summed E-state index contributed by atoms with van der Waals surface area (Å²) in [6.45, 7) is 2.28. The van der Waals surface area contributed by atoms with Crippen molar-refractivity contribution in [3.63, 3.8) is 0 Å². The fraction of sp³-hybridized carbons (Fsp3) is 0.500. The highest BCUT2D eigenvalue weighted by atomic mass is 15.2. The van der Waals surface area contributed by atoms with E-state index >= 15 is 0 Å². The van der Waals surface area contributed by atoms with E-state index in [1.165, 1.54) is 24.9 Å². The molecule has 1 aliphatic rings. The van der Waals surface area contributed by atoms with Gasteiger partial charge in [0.1, 0.15) is 0 Å². The number of nitrogens with zero attached hydrogens (tertiary/aromatic N) is 4. The molecule has 17 heavy (non-hydrogen) atoms. The lowest BCUT2D eigenvalue weighted by atomic mass is 9.93. The van der Waals surface area contributed by atoms with Gasteiger partial charge in [0.25, 0.3) is 0 Å². The summed E-state index contributed by atoms with van der Waals surface area (Å²) in [4.78, 5) is 6.77. The first-order valence-corrected chi connectivity index (χ1v) is 6.01. The van der Waals surface area contributed by atoms with E-state index in [0.29, 0.717) is 11.6 Å². The Morgan fingerprint density at radius 1 is 1.41 bits per heavy atom. The Labute approximate surface area is 100 Å². The number of piperidine rings is 1. The minimum atomic E-state index is 0.544. The van der Waals surface area contributed by atoms with E-state index in [4.69, 9.17) is 5.73 Å². The van der Waals surface area contributed by atoms with Crippen molar-refractivity contribution in [1.82, 2.24) is 19.5 Å². The van der Waals surface area contributed by atoms with Gasteiger partial charge in [-0.05, 0) is 26.4 Å². The van der Waals surface area contributed by atoms with Gasteiger partial charge < -0.3 is 10.6 Å². The van der Waals surface area contributed by atoms with Crippen LogP contribution in [-0.2, 0) is 0 Å². The predicted molar refractivity (Wildman–Crippen MR) is 66.9 cm³/mol. The number of aromatic nitrogens is 3. The molecule has 0 radical (unpaired) electrons. The molecule has 0 spiro atoms. The van der Waals surface area contributed by atoms with Crippen molar-refractivity contribution in [2.45, 2.75) is 18.8 Å². The number of hydrogen-bond acceptors (Lipinski definition) is 4. The van der Waals surface area contributed by atoms with Crippen LogP contribution in [0.25, 0.3) is 5.65 Å². The van der Waals surface area contributed by atoms with Crippen LogP contribution in [0.1, 0.15) is 24.3 Å². The summed E-state index contributed by atoms with van der Waals surface area (Å²) in [5.74, 6) is 0.544. The number of fused-ring (bicyclic) bond motifs is 1. The van der Waals surface area contributed by atoms with Gasteiger partial charge in [0.05, 0.1) is 24.3 Å². The van der Waals surface area contributed by atoms with Crippen LogP contribution in [0.3, 0.4) is 0 Å². The minimum absolute atomic E-state index is 0.544. The predicted octanol–water partition coefficient (Wildman–Crippen LogP) is 1.12. The molecule has 90 valence electrons. The summed E-state index contributed by atoms with van der Waals surface area (Å²) in [6, 6.07) is 0. The van der Waals surface area contributed by atoms with Crippen LogP contribution in [-0.4, -0.2) is 39.6 Å². The van der Waals surface area contributed by atoms with E-state index in [0.717, 1.165) is 12.2 Å². The lowest BCUT2D eigenvalue weighted by Crippen LogP contribution is -2.30. The first kappa shape index (κ1) is 10.5. The second kappa shape index (κ2) is 4.00.